The molecule has 122 valence electrons. The summed E-state index contributed by atoms with van der Waals surface area (Å²) < 4.78 is 0. The van der Waals surface area contributed by atoms with Crippen LogP contribution in [0.4, 0.5) is 0 Å². The number of aromatic amines is 1. The van der Waals surface area contributed by atoms with Crippen molar-refractivity contribution in [3.05, 3.63) is 69.1 Å². The summed E-state index contributed by atoms with van der Waals surface area (Å²) >= 11 is 5.92. The molecule has 1 aromatic heterocycles. The number of pyridine rings is 1. The number of halogens is 1. The van der Waals surface area contributed by atoms with Gasteiger partial charge in [-0.25, -0.2) is 0 Å². The van der Waals surface area contributed by atoms with Crippen molar-refractivity contribution in [2.45, 2.75) is 25.7 Å². The molecule has 1 saturated heterocycles. The highest BCUT2D eigenvalue weighted by molar-refractivity contribution is 6.30. The molecule has 1 N–H and O–H groups in total. The molecule has 0 atom stereocenters. The first kappa shape index (κ1) is 16.3. The second-order valence-corrected chi connectivity index (χ2v) is 6.86. The van der Waals surface area contributed by atoms with E-state index in [1.165, 1.54) is 37.1 Å². The number of nitrogens with zero attached hydrogens (tertiary/aromatic N) is 1. The van der Waals surface area contributed by atoms with Gasteiger partial charge in [0.25, 0.3) is 0 Å². The third-order valence-electron chi connectivity index (χ3n) is 4.71. The monoisotopic (exact) mass is 330 g/mol. The number of rotatable bonds is 5. The van der Waals surface area contributed by atoms with Crippen LogP contribution in [0.3, 0.4) is 0 Å². The van der Waals surface area contributed by atoms with Gasteiger partial charge in [-0.15, -0.1) is 0 Å². The average Bonchev–Trinajstić information content (AvgIpc) is 2.58. The van der Waals surface area contributed by atoms with Gasteiger partial charge in [0.05, 0.1) is 0 Å². The molecule has 0 saturated carbocycles. The van der Waals surface area contributed by atoms with Crippen LogP contribution < -0.4 is 5.56 Å². The fraction of sp³-hybridized carbons (Fsp3) is 0.421. The minimum atomic E-state index is -0.0224. The van der Waals surface area contributed by atoms with E-state index in [0.717, 1.165) is 30.3 Å². The van der Waals surface area contributed by atoms with Crippen molar-refractivity contribution in [1.29, 1.82) is 0 Å². The van der Waals surface area contributed by atoms with Gasteiger partial charge in [0.2, 0.25) is 5.56 Å². The molecule has 3 nitrogen and oxygen atoms in total. The summed E-state index contributed by atoms with van der Waals surface area (Å²) in [5, 5.41) is 0.803. The number of H-pyrrole nitrogens is 1. The summed E-state index contributed by atoms with van der Waals surface area (Å²) in [6, 6.07) is 11.7. The van der Waals surface area contributed by atoms with E-state index < -0.39 is 0 Å². The minimum Gasteiger partial charge on any atom is -0.329 e. The maximum Gasteiger partial charge on any atom is 0.247 e. The number of benzene rings is 1. The lowest BCUT2D eigenvalue weighted by Crippen LogP contribution is -2.35. The number of aromatic nitrogens is 1. The number of piperidine rings is 1. The Hall–Kier alpha value is -1.58. The Kier molecular flexibility index (Phi) is 5.52. The van der Waals surface area contributed by atoms with Gasteiger partial charge in [0.15, 0.2) is 0 Å². The second kappa shape index (κ2) is 7.80. The molecular weight excluding hydrogens is 308 g/mol. The zero-order valence-electron chi connectivity index (χ0n) is 13.3. The highest BCUT2D eigenvalue weighted by Gasteiger charge is 2.19. The summed E-state index contributed by atoms with van der Waals surface area (Å²) in [5.41, 5.74) is 2.57. The predicted molar refractivity (Wildman–Crippen MR) is 95.1 cm³/mol. The molecule has 1 aliphatic heterocycles. The molecule has 1 aliphatic rings. The van der Waals surface area contributed by atoms with Gasteiger partial charge in [0, 0.05) is 23.8 Å². The molecule has 0 radical (unpaired) electrons. The van der Waals surface area contributed by atoms with Gasteiger partial charge in [-0.3, -0.25) is 4.79 Å². The smallest absolute Gasteiger partial charge is 0.247 e. The Labute approximate surface area is 142 Å². The topological polar surface area (TPSA) is 36.1 Å². The molecule has 0 unspecified atom stereocenters. The molecule has 2 heterocycles. The third-order valence-corrected chi connectivity index (χ3v) is 4.96. The quantitative estimate of drug-likeness (QED) is 0.910. The van der Waals surface area contributed by atoms with Crippen LogP contribution in [0, 0.1) is 5.92 Å². The molecule has 0 aliphatic carbocycles. The third kappa shape index (κ3) is 4.95. The highest BCUT2D eigenvalue weighted by Crippen LogP contribution is 2.21. The van der Waals surface area contributed by atoms with Gasteiger partial charge in [0.1, 0.15) is 0 Å². The molecule has 1 aromatic carbocycles. The largest absolute Gasteiger partial charge is 0.329 e. The summed E-state index contributed by atoms with van der Waals surface area (Å²) in [6.07, 6.45) is 6.48. The van der Waals surface area contributed by atoms with E-state index >= 15 is 0 Å². The number of likely N-dealkylation sites (tertiary alicyclic amines) is 1. The molecule has 23 heavy (non-hydrogen) atoms. The van der Waals surface area contributed by atoms with Gasteiger partial charge in [-0.1, -0.05) is 29.8 Å². The van der Waals surface area contributed by atoms with Crippen molar-refractivity contribution >= 4 is 11.6 Å². The second-order valence-electron chi connectivity index (χ2n) is 6.43. The van der Waals surface area contributed by atoms with Crippen LogP contribution in [0.2, 0.25) is 5.02 Å². The fourth-order valence-corrected chi connectivity index (χ4v) is 3.38. The van der Waals surface area contributed by atoms with Crippen molar-refractivity contribution in [3.8, 4) is 0 Å². The van der Waals surface area contributed by atoms with Crippen molar-refractivity contribution in [3.63, 3.8) is 0 Å². The maximum absolute atomic E-state index is 11.1. The van der Waals surface area contributed by atoms with E-state index in [1.54, 1.807) is 6.07 Å². The van der Waals surface area contributed by atoms with Gasteiger partial charge >= 0.3 is 0 Å². The van der Waals surface area contributed by atoms with Gasteiger partial charge < -0.3 is 9.88 Å². The van der Waals surface area contributed by atoms with E-state index in [-0.39, 0.29) is 5.56 Å². The van der Waals surface area contributed by atoms with Crippen molar-refractivity contribution < 1.29 is 0 Å². The molecule has 0 bridgehead atoms. The van der Waals surface area contributed by atoms with E-state index in [1.807, 2.05) is 24.4 Å². The lowest BCUT2D eigenvalue weighted by atomic mass is 9.90. The van der Waals surface area contributed by atoms with Crippen LogP contribution >= 0.6 is 11.6 Å². The summed E-state index contributed by atoms with van der Waals surface area (Å²) in [4.78, 5) is 16.4. The SMILES string of the molecule is O=c1ccc(CC2CCN(CCc3ccc(Cl)cc3)CC2)c[nH]1. The van der Waals surface area contributed by atoms with Crippen LogP contribution in [0.1, 0.15) is 24.0 Å². The van der Waals surface area contributed by atoms with Crippen LogP contribution in [0.5, 0.6) is 0 Å². The summed E-state index contributed by atoms with van der Waals surface area (Å²) in [6.45, 7) is 3.45. The highest BCUT2D eigenvalue weighted by atomic mass is 35.5. The Morgan fingerprint density at radius 2 is 1.74 bits per heavy atom. The minimum absolute atomic E-state index is 0.0224. The van der Waals surface area contributed by atoms with E-state index in [9.17, 15) is 4.79 Å². The molecular formula is C19H23ClN2O. The van der Waals surface area contributed by atoms with Crippen LogP contribution in [0.25, 0.3) is 0 Å². The summed E-state index contributed by atoms with van der Waals surface area (Å²) in [7, 11) is 0. The predicted octanol–water partition coefficient (Wildman–Crippen LogP) is 3.53. The molecule has 2 aromatic rings. The first-order chi connectivity index (χ1) is 11.2. The molecule has 0 spiro atoms. The fourth-order valence-electron chi connectivity index (χ4n) is 3.26. The first-order valence-corrected chi connectivity index (χ1v) is 8.71. The van der Waals surface area contributed by atoms with E-state index in [2.05, 4.69) is 22.0 Å². The lowest BCUT2D eigenvalue weighted by Gasteiger charge is -2.32. The van der Waals surface area contributed by atoms with Crippen LogP contribution in [-0.4, -0.2) is 29.5 Å². The maximum atomic E-state index is 11.1. The van der Waals surface area contributed by atoms with Crippen LogP contribution in [0.15, 0.2) is 47.4 Å². The normalized spacial score (nSPS) is 16.6. The standard InChI is InChI=1S/C19H23ClN2O/c20-18-4-1-15(2-5-18)7-10-22-11-8-16(9-12-22)13-17-3-6-19(23)21-14-17/h1-6,14,16H,7-13H2,(H,21,23). The number of hydrogen-bond acceptors (Lipinski definition) is 2. The van der Waals surface area contributed by atoms with Gasteiger partial charge in [-0.05, 0) is 68.0 Å². The zero-order valence-corrected chi connectivity index (χ0v) is 14.1. The first-order valence-electron chi connectivity index (χ1n) is 8.33. The molecule has 0 amide bonds. The van der Waals surface area contributed by atoms with Crippen molar-refractivity contribution in [2.75, 3.05) is 19.6 Å². The summed E-state index contributed by atoms with van der Waals surface area (Å²) in [5.74, 6) is 0.729. The van der Waals surface area contributed by atoms with Crippen LogP contribution in [-0.2, 0) is 12.8 Å². The van der Waals surface area contributed by atoms with Gasteiger partial charge in [-0.2, -0.15) is 0 Å². The Bertz CT molecular complexity index is 652. The lowest BCUT2D eigenvalue weighted by molar-refractivity contribution is 0.186. The molecule has 3 rings (SSSR count). The molecule has 1 fully saturated rings. The Balaban J connectivity index is 1.42. The van der Waals surface area contributed by atoms with Crippen molar-refractivity contribution in [2.24, 2.45) is 5.92 Å². The average molecular weight is 331 g/mol. The number of nitrogens with one attached hydrogen (secondary N) is 1. The molecule has 4 heteroatoms. The Morgan fingerprint density at radius 1 is 1.04 bits per heavy atom. The zero-order chi connectivity index (χ0) is 16.1. The number of hydrogen-bond donors (Lipinski definition) is 1. The van der Waals surface area contributed by atoms with E-state index in [4.69, 9.17) is 11.6 Å². The van der Waals surface area contributed by atoms with E-state index in [0.29, 0.717) is 0 Å². The Morgan fingerprint density at radius 3 is 2.39 bits per heavy atom. The van der Waals surface area contributed by atoms with Crippen molar-refractivity contribution in [1.82, 2.24) is 9.88 Å².